The lowest BCUT2D eigenvalue weighted by Crippen LogP contribution is -2.49. The molecule has 2 atom stereocenters. The molecule has 1 saturated heterocycles. The summed E-state index contributed by atoms with van der Waals surface area (Å²) in [6, 6.07) is 0. The second kappa shape index (κ2) is 5.35. The zero-order valence-electron chi connectivity index (χ0n) is 10.9. The minimum Gasteiger partial charge on any atom is -0.372 e. The molecule has 1 amide bonds. The lowest BCUT2D eigenvalue weighted by atomic mass is 10.2. The molecule has 2 heterocycles. The molecule has 1 aliphatic heterocycles. The number of nitro groups is 1. The smallest absolute Gasteiger partial charge is 0.307 e. The average Bonchev–Trinajstić information content (AvgIpc) is 2.76. The summed E-state index contributed by atoms with van der Waals surface area (Å²) in [5.41, 5.74) is -0.114. The normalized spacial score (nSPS) is 23.4. The van der Waals surface area contributed by atoms with Gasteiger partial charge in [0.15, 0.2) is 0 Å². The summed E-state index contributed by atoms with van der Waals surface area (Å²) in [4.78, 5) is 23.8. The summed E-state index contributed by atoms with van der Waals surface area (Å²) in [5.74, 6) is -0.111. The van der Waals surface area contributed by atoms with Crippen molar-refractivity contribution in [1.82, 2.24) is 14.7 Å². The third-order valence-electron chi connectivity index (χ3n) is 2.90. The molecule has 1 aliphatic rings. The van der Waals surface area contributed by atoms with Gasteiger partial charge in [-0.25, -0.2) is 0 Å². The Labute approximate surface area is 110 Å². The number of hydrogen-bond acceptors (Lipinski definition) is 5. The second-order valence-corrected chi connectivity index (χ2v) is 4.71. The SMILES string of the molecule is C[C@@H]1CN(C(=O)Cn2cc([N+](=O)[O-])cn2)C[C@H](C)O1. The van der Waals surface area contributed by atoms with Gasteiger partial charge in [-0.3, -0.25) is 19.6 Å². The van der Waals surface area contributed by atoms with Crippen LogP contribution in [0.3, 0.4) is 0 Å². The Kier molecular flexibility index (Phi) is 3.79. The summed E-state index contributed by atoms with van der Waals surface area (Å²) in [7, 11) is 0. The predicted octanol–water partition coefficient (Wildman–Crippen LogP) is 0.427. The fourth-order valence-corrected chi connectivity index (χ4v) is 2.15. The average molecular weight is 268 g/mol. The predicted molar refractivity (Wildman–Crippen MR) is 65.5 cm³/mol. The molecule has 19 heavy (non-hydrogen) atoms. The Balaban J connectivity index is 1.98. The highest BCUT2D eigenvalue weighted by Crippen LogP contribution is 2.12. The Morgan fingerprint density at radius 1 is 1.53 bits per heavy atom. The van der Waals surface area contributed by atoms with Gasteiger partial charge in [0, 0.05) is 13.1 Å². The van der Waals surface area contributed by atoms with Crippen LogP contribution in [0.25, 0.3) is 0 Å². The van der Waals surface area contributed by atoms with Gasteiger partial charge in [-0.05, 0) is 13.8 Å². The maximum absolute atomic E-state index is 12.1. The number of aromatic nitrogens is 2. The third kappa shape index (κ3) is 3.28. The highest BCUT2D eigenvalue weighted by Gasteiger charge is 2.26. The van der Waals surface area contributed by atoms with Gasteiger partial charge in [-0.15, -0.1) is 0 Å². The Hall–Kier alpha value is -1.96. The van der Waals surface area contributed by atoms with Crippen molar-refractivity contribution in [3.8, 4) is 0 Å². The number of morpholine rings is 1. The van der Waals surface area contributed by atoms with Crippen molar-refractivity contribution in [2.75, 3.05) is 13.1 Å². The van der Waals surface area contributed by atoms with Gasteiger partial charge in [0.2, 0.25) is 5.91 Å². The van der Waals surface area contributed by atoms with E-state index in [1.54, 1.807) is 4.90 Å². The minimum absolute atomic E-state index is 0.000317. The summed E-state index contributed by atoms with van der Waals surface area (Å²) >= 11 is 0. The molecule has 0 radical (unpaired) electrons. The van der Waals surface area contributed by atoms with E-state index in [9.17, 15) is 14.9 Å². The lowest BCUT2D eigenvalue weighted by Gasteiger charge is -2.35. The Morgan fingerprint density at radius 3 is 2.68 bits per heavy atom. The summed E-state index contributed by atoms with van der Waals surface area (Å²) < 4.78 is 6.83. The number of ether oxygens (including phenoxy) is 1. The van der Waals surface area contributed by atoms with Crippen LogP contribution in [0.5, 0.6) is 0 Å². The Morgan fingerprint density at radius 2 is 2.16 bits per heavy atom. The van der Waals surface area contributed by atoms with E-state index in [1.165, 1.54) is 10.9 Å². The first kappa shape index (κ1) is 13.5. The number of nitrogens with zero attached hydrogens (tertiary/aromatic N) is 4. The lowest BCUT2D eigenvalue weighted by molar-refractivity contribution is -0.385. The van der Waals surface area contributed by atoms with Crippen molar-refractivity contribution >= 4 is 11.6 Å². The van der Waals surface area contributed by atoms with Crippen LogP contribution >= 0.6 is 0 Å². The Bertz CT molecular complexity index is 477. The number of carbonyl (C=O) groups is 1. The fraction of sp³-hybridized carbons (Fsp3) is 0.636. The molecule has 0 unspecified atom stereocenters. The molecule has 0 aromatic carbocycles. The molecule has 0 saturated carbocycles. The first-order valence-corrected chi connectivity index (χ1v) is 6.06. The number of amides is 1. The van der Waals surface area contributed by atoms with Crippen molar-refractivity contribution in [3.05, 3.63) is 22.5 Å². The van der Waals surface area contributed by atoms with Gasteiger partial charge in [0.25, 0.3) is 0 Å². The van der Waals surface area contributed by atoms with E-state index < -0.39 is 4.92 Å². The van der Waals surface area contributed by atoms with E-state index in [2.05, 4.69) is 5.10 Å². The summed E-state index contributed by atoms with van der Waals surface area (Å²) in [6.07, 6.45) is 2.39. The van der Waals surface area contributed by atoms with Crippen molar-refractivity contribution in [1.29, 1.82) is 0 Å². The first-order valence-electron chi connectivity index (χ1n) is 6.06. The van der Waals surface area contributed by atoms with Crippen LogP contribution < -0.4 is 0 Å². The maximum atomic E-state index is 12.1. The van der Waals surface area contributed by atoms with E-state index in [-0.39, 0.29) is 30.3 Å². The van der Waals surface area contributed by atoms with E-state index in [0.717, 1.165) is 6.20 Å². The van der Waals surface area contributed by atoms with E-state index in [4.69, 9.17) is 4.74 Å². The van der Waals surface area contributed by atoms with Crippen LogP contribution in [0.4, 0.5) is 5.69 Å². The topological polar surface area (TPSA) is 90.5 Å². The quantitative estimate of drug-likeness (QED) is 0.585. The zero-order valence-corrected chi connectivity index (χ0v) is 10.9. The van der Waals surface area contributed by atoms with Crippen LogP contribution in [0.1, 0.15) is 13.8 Å². The van der Waals surface area contributed by atoms with Gasteiger partial charge in [0.1, 0.15) is 18.9 Å². The molecule has 0 bridgehead atoms. The van der Waals surface area contributed by atoms with Gasteiger partial charge >= 0.3 is 5.69 Å². The van der Waals surface area contributed by atoms with E-state index >= 15 is 0 Å². The van der Waals surface area contributed by atoms with Gasteiger partial charge < -0.3 is 9.64 Å². The van der Waals surface area contributed by atoms with Crippen molar-refractivity contribution in [3.63, 3.8) is 0 Å². The molecule has 1 aromatic heterocycles. The first-order chi connectivity index (χ1) is 8.95. The highest BCUT2D eigenvalue weighted by atomic mass is 16.6. The summed E-state index contributed by atoms with van der Waals surface area (Å²) in [6.45, 7) is 4.90. The van der Waals surface area contributed by atoms with E-state index in [0.29, 0.717) is 13.1 Å². The van der Waals surface area contributed by atoms with Crippen molar-refractivity contribution < 1.29 is 14.5 Å². The molecule has 1 fully saturated rings. The van der Waals surface area contributed by atoms with Crippen LogP contribution in [0, 0.1) is 10.1 Å². The number of hydrogen-bond donors (Lipinski definition) is 0. The number of rotatable bonds is 3. The van der Waals surface area contributed by atoms with Crippen LogP contribution in [-0.4, -0.2) is 50.8 Å². The molecular formula is C11H16N4O4. The highest BCUT2D eigenvalue weighted by molar-refractivity contribution is 5.76. The monoisotopic (exact) mass is 268 g/mol. The molecule has 1 aromatic rings. The fourth-order valence-electron chi connectivity index (χ4n) is 2.15. The molecule has 2 rings (SSSR count). The summed E-state index contributed by atoms with van der Waals surface area (Å²) in [5, 5.41) is 14.3. The molecule has 0 aliphatic carbocycles. The molecule has 0 N–H and O–H groups in total. The van der Waals surface area contributed by atoms with Crippen LogP contribution in [-0.2, 0) is 16.1 Å². The zero-order chi connectivity index (χ0) is 14.0. The molecular weight excluding hydrogens is 252 g/mol. The standard InChI is InChI=1S/C11H16N4O4/c1-8-4-13(5-9(2)19-8)11(16)7-14-6-10(3-12-14)15(17)18/h3,6,8-9H,4-5,7H2,1-2H3/t8-,9+. The van der Waals surface area contributed by atoms with Crippen molar-refractivity contribution in [2.45, 2.75) is 32.6 Å². The minimum atomic E-state index is -0.535. The van der Waals surface area contributed by atoms with E-state index in [1.807, 2.05) is 13.8 Å². The van der Waals surface area contributed by atoms with Gasteiger partial charge in [0.05, 0.1) is 17.1 Å². The van der Waals surface area contributed by atoms with Gasteiger partial charge in [-0.2, -0.15) is 5.10 Å². The molecule has 8 nitrogen and oxygen atoms in total. The number of carbonyl (C=O) groups excluding carboxylic acids is 1. The second-order valence-electron chi connectivity index (χ2n) is 4.71. The van der Waals surface area contributed by atoms with Crippen molar-refractivity contribution in [2.24, 2.45) is 0 Å². The molecule has 8 heteroatoms. The third-order valence-corrected chi connectivity index (χ3v) is 2.90. The maximum Gasteiger partial charge on any atom is 0.307 e. The largest absolute Gasteiger partial charge is 0.372 e. The van der Waals surface area contributed by atoms with Gasteiger partial charge in [-0.1, -0.05) is 0 Å². The van der Waals surface area contributed by atoms with Crippen LogP contribution in [0.2, 0.25) is 0 Å². The van der Waals surface area contributed by atoms with Crippen LogP contribution in [0.15, 0.2) is 12.4 Å². The molecule has 0 spiro atoms. The molecule has 104 valence electrons.